The molecule has 0 heterocycles. The first-order valence-electron chi connectivity index (χ1n) is 7.12. The normalized spacial score (nSPS) is 17.0. The van der Waals surface area contributed by atoms with Crippen LogP contribution in [0.5, 0.6) is 0 Å². The summed E-state index contributed by atoms with van der Waals surface area (Å²) in [6.07, 6.45) is 8.08. The van der Waals surface area contributed by atoms with Crippen molar-refractivity contribution in [2.45, 2.75) is 51.5 Å². The zero-order chi connectivity index (χ0) is 11.9. The minimum atomic E-state index is 0.866. The van der Waals surface area contributed by atoms with Crippen molar-refractivity contribution < 1.29 is 0 Å². The smallest absolute Gasteiger partial charge is 0.00682 e. The highest BCUT2D eigenvalue weighted by molar-refractivity contribution is 5.14. The number of benzene rings is 1. The van der Waals surface area contributed by atoms with Crippen LogP contribution in [0, 0.1) is 5.92 Å². The first kappa shape index (κ1) is 12.6. The van der Waals surface area contributed by atoms with E-state index >= 15 is 0 Å². The SMILES string of the molecule is CC(CCCc1ccccc1)CCNC1CC1. The van der Waals surface area contributed by atoms with Gasteiger partial charge in [-0.3, -0.25) is 0 Å². The van der Waals surface area contributed by atoms with E-state index in [1.165, 1.54) is 50.6 Å². The third kappa shape index (κ3) is 5.36. The van der Waals surface area contributed by atoms with Crippen LogP contribution >= 0.6 is 0 Å². The monoisotopic (exact) mass is 231 g/mol. The Balaban J connectivity index is 1.51. The maximum absolute atomic E-state index is 3.60. The minimum absolute atomic E-state index is 0.866. The Kier molecular flexibility index (Phi) is 5.06. The fraction of sp³-hybridized carbons (Fsp3) is 0.625. The molecule has 0 aliphatic heterocycles. The molecule has 1 atom stereocenters. The second-order valence-corrected chi connectivity index (χ2v) is 5.50. The summed E-state index contributed by atoms with van der Waals surface area (Å²) in [5.74, 6) is 0.866. The molecule has 1 unspecified atom stereocenters. The molecule has 1 nitrogen and oxygen atoms in total. The molecule has 1 fully saturated rings. The van der Waals surface area contributed by atoms with E-state index in [2.05, 4.69) is 42.6 Å². The molecule has 1 saturated carbocycles. The lowest BCUT2D eigenvalue weighted by Gasteiger charge is -2.11. The van der Waals surface area contributed by atoms with E-state index in [1.54, 1.807) is 0 Å². The summed E-state index contributed by atoms with van der Waals surface area (Å²) in [5, 5.41) is 3.60. The summed E-state index contributed by atoms with van der Waals surface area (Å²) < 4.78 is 0. The molecule has 0 bridgehead atoms. The van der Waals surface area contributed by atoms with Crippen LogP contribution in [0.2, 0.25) is 0 Å². The predicted octanol–water partition coefficient (Wildman–Crippen LogP) is 3.79. The summed E-state index contributed by atoms with van der Waals surface area (Å²) in [6, 6.07) is 11.7. The van der Waals surface area contributed by atoms with Gasteiger partial charge in [-0.05, 0) is 50.1 Å². The van der Waals surface area contributed by atoms with Crippen molar-refractivity contribution in [3.05, 3.63) is 35.9 Å². The number of rotatable bonds is 8. The summed E-state index contributed by atoms with van der Waals surface area (Å²) in [5.41, 5.74) is 1.48. The van der Waals surface area contributed by atoms with Gasteiger partial charge in [0, 0.05) is 6.04 Å². The van der Waals surface area contributed by atoms with Gasteiger partial charge in [-0.15, -0.1) is 0 Å². The summed E-state index contributed by atoms with van der Waals surface area (Å²) in [7, 11) is 0. The van der Waals surface area contributed by atoms with Crippen LogP contribution in [0.3, 0.4) is 0 Å². The molecule has 1 N–H and O–H groups in total. The number of hydrogen-bond donors (Lipinski definition) is 1. The lowest BCUT2D eigenvalue weighted by molar-refractivity contribution is 0.455. The highest BCUT2D eigenvalue weighted by Crippen LogP contribution is 2.19. The van der Waals surface area contributed by atoms with E-state index in [9.17, 15) is 0 Å². The van der Waals surface area contributed by atoms with Gasteiger partial charge in [-0.2, -0.15) is 0 Å². The Labute approximate surface area is 106 Å². The highest BCUT2D eigenvalue weighted by Gasteiger charge is 2.19. The van der Waals surface area contributed by atoms with Gasteiger partial charge in [0.25, 0.3) is 0 Å². The first-order valence-corrected chi connectivity index (χ1v) is 7.12. The van der Waals surface area contributed by atoms with Crippen molar-refractivity contribution in [3.8, 4) is 0 Å². The van der Waals surface area contributed by atoms with Crippen molar-refractivity contribution in [1.82, 2.24) is 5.32 Å². The van der Waals surface area contributed by atoms with Crippen molar-refractivity contribution >= 4 is 0 Å². The van der Waals surface area contributed by atoms with Crippen LogP contribution in [-0.4, -0.2) is 12.6 Å². The number of nitrogens with one attached hydrogen (secondary N) is 1. The van der Waals surface area contributed by atoms with Gasteiger partial charge in [0.05, 0.1) is 0 Å². The van der Waals surface area contributed by atoms with Crippen LogP contribution in [0.25, 0.3) is 0 Å². The maximum Gasteiger partial charge on any atom is 0.00682 e. The fourth-order valence-corrected chi connectivity index (χ4v) is 2.26. The van der Waals surface area contributed by atoms with Crippen molar-refractivity contribution in [2.24, 2.45) is 5.92 Å². The van der Waals surface area contributed by atoms with E-state index in [0.29, 0.717) is 0 Å². The molecule has 17 heavy (non-hydrogen) atoms. The van der Waals surface area contributed by atoms with Gasteiger partial charge in [0.15, 0.2) is 0 Å². The van der Waals surface area contributed by atoms with Crippen LogP contribution in [-0.2, 0) is 6.42 Å². The highest BCUT2D eigenvalue weighted by atomic mass is 14.9. The van der Waals surface area contributed by atoms with Gasteiger partial charge in [-0.25, -0.2) is 0 Å². The van der Waals surface area contributed by atoms with Gasteiger partial charge in [0.2, 0.25) is 0 Å². The first-order chi connectivity index (χ1) is 8.34. The van der Waals surface area contributed by atoms with Crippen molar-refractivity contribution in [1.29, 1.82) is 0 Å². The molecule has 0 spiro atoms. The van der Waals surface area contributed by atoms with E-state index in [-0.39, 0.29) is 0 Å². The molecule has 1 heteroatoms. The van der Waals surface area contributed by atoms with Crippen molar-refractivity contribution in [3.63, 3.8) is 0 Å². The number of hydrogen-bond acceptors (Lipinski definition) is 1. The standard InChI is InChI=1S/C16H25N/c1-14(12-13-17-16-10-11-16)6-5-9-15-7-3-2-4-8-15/h2-4,7-8,14,16-17H,5-6,9-13H2,1H3. The second-order valence-electron chi connectivity index (χ2n) is 5.50. The average Bonchev–Trinajstić information content (AvgIpc) is 3.14. The second kappa shape index (κ2) is 6.80. The topological polar surface area (TPSA) is 12.0 Å². The third-order valence-electron chi connectivity index (χ3n) is 3.65. The molecule has 0 radical (unpaired) electrons. The molecule has 1 aromatic carbocycles. The summed E-state index contributed by atoms with van der Waals surface area (Å²) in [6.45, 7) is 3.61. The molecule has 1 aliphatic rings. The van der Waals surface area contributed by atoms with Gasteiger partial charge < -0.3 is 5.32 Å². The van der Waals surface area contributed by atoms with Gasteiger partial charge in [0.1, 0.15) is 0 Å². The van der Waals surface area contributed by atoms with Crippen LogP contribution in [0.15, 0.2) is 30.3 Å². The van der Waals surface area contributed by atoms with Gasteiger partial charge in [-0.1, -0.05) is 43.7 Å². The minimum Gasteiger partial charge on any atom is -0.314 e. The Morgan fingerprint density at radius 1 is 1.18 bits per heavy atom. The molecule has 94 valence electrons. The van der Waals surface area contributed by atoms with E-state index in [1.807, 2.05) is 0 Å². The van der Waals surface area contributed by atoms with E-state index in [0.717, 1.165) is 12.0 Å². The molecule has 0 saturated heterocycles. The largest absolute Gasteiger partial charge is 0.314 e. The molecular formula is C16H25N. The van der Waals surface area contributed by atoms with Gasteiger partial charge >= 0.3 is 0 Å². The molecule has 2 rings (SSSR count). The lowest BCUT2D eigenvalue weighted by atomic mass is 9.98. The van der Waals surface area contributed by atoms with E-state index < -0.39 is 0 Å². The van der Waals surface area contributed by atoms with Crippen molar-refractivity contribution in [2.75, 3.05) is 6.54 Å². The molecule has 0 aromatic heterocycles. The lowest BCUT2D eigenvalue weighted by Crippen LogP contribution is -2.19. The Morgan fingerprint density at radius 2 is 1.94 bits per heavy atom. The fourth-order valence-electron chi connectivity index (χ4n) is 2.26. The average molecular weight is 231 g/mol. The molecular weight excluding hydrogens is 206 g/mol. The van der Waals surface area contributed by atoms with Crippen LogP contribution < -0.4 is 5.32 Å². The Hall–Kier alpha value is -0.820. The quantitative estimate of drug-likeness (QED) is 0.718. The van der Waals surface area contributed by atoms with Crippen LogP contribution in [0.1, 0.15) is 44.6 Å². The molecule has 0 amide bonds. The summed E-state index contributed by atoms with van der Waals surface area (Å²) in [4.78, 5) is 0. The molecule has 1 aromatic rings. The summed E-state index contributed by atoms with van der Waals surface area (Å²) >= 11 is 0. The van der Waals surface area contributed by atoms with E-state index in [4.69, 9.17) is 0 Å². The zero-order valence-electron chi connectivity index (χ0n) is 11.0. The Bertz CT molecular complexity index is 303. The number of aryl methyl sites for hydroxylation is 1. The van der Waals surface area contributed by atoms with Crippen LogP contribution in [0.4, 0.5) is 0 Å². The predicted molar refractivity (Wildman–Crippen MR) is 74.2 cm³/mol. The maximum atomic E-state index is 3.60. The third-order valence-corrected chi connectivity index (χ3v) is 3.65. The zero-order valence-corrected chi connectivity index (χ0v) is 11.0. The Morgan fingerprint density at radius 3 is 2.65 bits per heavy atom. The molecule has 1 aliphatic carbocycles.